The van der Waals surface area contributed by atoms with Crippen LogP contribution in [0, 0.1) is 13.8 Å². The molecule has 0 aliphatic carbocycles. The van der Waals surface area contributed by atoms with Gasteiger partial charge in [0.25, 0.3) is 11.8 Å². The first-order valence-electron chi connectivity index (χ1n) is 11.1. The van der Waals surface area contributed by atoms with Gasteiger partial charge in [0.15, 0.2) is 5.17 Å². The zero-order chi connectivity index (χ0) is 23.8. The van der Waals surface area contributed by atoms with Crippen molar-refractivity contribution in [3.05, 3.63) is 64.1 Å². The van der Waals surface area contributed by atoms with Gasteiger partial charge >= 0.3 is 0 Å². The van der Waals surface area contributed by atoms with E-state index in [0.717, 1.165) is 11.1 Å². The fourth-order valence-electron chi connectivity index (χ4n) is 4.20. The van der Waals surface area contributed by atoms with E-state index in [0.29, 0.717) is 58.9 Å². The van der Waals surface area contributed by atoms with Crippen molar-refractivity contribution in [1.82, 2.24) is 4.90 Å². The van der Waals surface area contributed by atoms with E-state index in [1.165, 1.54) is 16.7 Å². The average Bonchev–Trinajstić information content (AvgIpc) is 3.34. The number of nitrogens with one attached hydrogen (secondary N) is 1. The highest BCUT2D eigenvalue weighted by Crippen LogP contribution is 2.43. The van der Waals surface area contributed by atoms with Gasteiger partial charge in [-0.2, -0.15) is 4.99 Å². The summed E-state index contributed by atoms with van der Waals surface area (Å²) in [5.74, 6) is -1.10. The third-order valence-corrected chi connectivity index (χ3v) is 7.10. The predicted octanol–water partition coefficient (Wildman–Crippen LogP) is 2.96. The minimum atomic E-state index is -0.425. The van der Waals surface area contributed by atoms with Crippen LogP contribution in [0.5, 0.6) is 0 Å². The molecule has 1 saturated heterocycles. The van der Waals surface area contributed by atoms with Gasteiger partial charge in [-0.05, 0) is 48.9 Å². The van der Waals surface area contributed by atoms with Crippen LogP contribution in [0.3, 0.4) is 0 Å². The molecule has 0 unspecified atom stereocenters. The van der Waals surface area contributed by atoms with Gasteiger partial charge in [0, 0.05) is 24.3 Å². The molecule has 0 spiro atoms. The van der Waals surface area contributed by atoms with Crippen LogP contribution in [0.4, 0.5) is 11.4 Å². The van der Waals surface area contributed by atoms with E-state index < -0.39 is 5.91 Å². The number of hydrogen-bond acceptors (Lipinski definition) is 6. The number of thioether (sulfide) groups is 1. The zero-order valence-electron chi connectivity index (χ0n) is 19.0. The molecule has 9 heteroatoms. The maximum absolute atomic E-state index is 13.5. The molecular formula is C25H24N4O4S. The highest BCUT2D eigenvalue weighted by molar-refractivity contribution is 8.18. The van der Waals surface area contributed by atoms with E-state index in [1.807, 2.05) is 49.1 Å². The summed E-state index contributed by atoms with van der Waals surface area (Å²) >= 11 is 1.22. The fraction of sp³-hybridized carbons (Fsp3) is 0.280. The number of aliphatic imine (C=N–C) groups is 1. The van der Waals surface area contributed by atoms with E-state index >= 15 is 0 Å². The SMILES string of the molecule is Cc1ccc(C)c(NC(=O)CN2C(=O)C(=C3SC(N4CCOCC4)=NC3=O)c3ccccc32)c1. The molecule has 1 N–H and O–H groups in total. The molecule has 3 aliphatic rings. The number of benzene rings is 2. The number of rotatable bonds is 3. The molecule has 8 nitrogen and oxygen atoms in total. The minimum absolute atomic E-state index is 0.157. The second-order valence-corrected chi connectivity index (χ2v) is 9.36. The lowest BCUT2D eigenvalue weighted by Crippen LogP contribution is -2.38. The van der Waals surface area contributed by atoms with Crippen molar-refractivity contribution in [2.75, 3.05) is 43.1 Å². The maximum Gasteiger partial charge on any atom is 0.287 e. The van der Waals surface area contributed by atoms with Gasteiger partial charge in [0.1, 0.15) is 6.54 Å². The number of ether oxygens (including phenoxy) is 1. The highest BCUT2D eigenvalue weighted by Gasteiger charge is 2.40. The number of anilines is 2. The van der Waals surface area contributed by atoms with E-state index in [4.69, 9.17) is 4.74 Å². The molecule has 3 aliphatic heterocycles. The molecule has 5 rings (SSSR count). The van der Waals surface area contributed by atoms with Crippen LogP contribution < -0.4 is 10.2 Å². The number of para-hydroxylation sites is 1. The topological polar surface area (TPSA) is 91.3 Å². The number of morpholine rings is 1. The van der Waals surface area contributed by atoms with Crippen LogP contribution >= 0.6 is 11.8 Å². The molecular weight excluding hydrogens is 452 g/mol. The lowest BCUT2D eigenvalue weighted by molar-refractivity contribution is -0.118. The Morgan fingerprint density at radius 2 is 1.88 bits per heavy atom. The monoisotopic (exact) mass is 476 g/mol. The van der Waals surface area contributed by atoms with E-state index in [1.54, 1.807) is 12.1 Å². The van der Waals surface area contributed by atoms with Gasteiger partial charge in [0.05, 0.1) is 29.4 Å². The third-order valence-electron chi connectivity index (χ3n) is 5.99. The number of carbonyl (C=O) groups is 3. The largest absolute Gasteiger partial charge is 0.378 e. The summed E-state index contributed by atoms with van der Waals surface area (Å²) in [4.78, 5) is 47.2. The Balaban J connectivity index is 1.41. The van der Waals surface area contributed by atoms with Crippen LogP contribution in [0.1, 0.15) is 16.7 Å². The Morgan fingerprint density at radius 1 is 1.12 bits per heavy atom. The second-order valence-electron chi connectivity index (χ2n) is 8.38. The Morgan fingerprint density at radius 3 is 2.68 bits per heavy atom. The van der Waals surface area contributed by atoms with Crippen LogP contribution in [0.2, 0.25) is 0 Å². The molecule has 0 atom stereocenters. The van der Waals surface area contributed by atoms with Crippen molar-refractivity contribution in [3.63, 3.8) is 0 Å². The molecule has 0 saturated carbocycles. The molecule has 3 amide bonds. The van der Waals surface area contributed by atoms with Gasteiger partial charge < -0.3 is 15.0 Å². The molecule has 34 heavy (non-hydrogen) atoms. The number of amides is 3. The summed E-state index contributed by atoms with van der Waals surface area (Å²) in [5, 5.41) is 3.50. The van der Waals surface area contributed by atoms with Crippen LogP contribution in [-0.4, -0.2) is 60.6 Å². The molecule has 0 aromatic heterocycles. The number of carbonyl (C=O) groups excluding carboxylic acids is 3. The molecule has 174 valence electrons. The van der Waals surface area contributed by atoms with Crippen LogP contribution in [0.15, 0.2) is 52.4 Å². The number of hydrogen-bond donors (Lipinski definition) is 1. The quantitative estimate of drug-likeness (QED) is 0.685. The average molecular weight is 477 g/mol. The van der Waals surface area contributed by atoms with Crippen molar-refractivity contribution < 1.29 is 19.1 Å². The first-order chi connectivity index (χ1) is 16.4. The Bertz CT molecular complexity index is 1260. The van der Waals surface area contributed by atoms with Gasteiger partial charge in [-0.25, -0.2) is 0 Å². The first-order valence-corrected chi connectivity index (χ1v) is 11.9. The number of nitrogens with zero attached hydrogens (tertiary/aromatic N) is 3. The summed E-state index contributed by atoms with van der Waals surface area (Å²) in [6.07, 6.45) is 0. The van der Waals surface area contributed by atoms with Crippen molar-refractivity contribution in [2.24, 2.45) is 4.99 Å². The Kier molecular flexibility index (Phi) is 5.97. The smallest absolute Gasteiger partial charge is 0.287 e. The summed E-state index contributed by atoms with van der Waals surface area (Å²) in [5.41, 5.74) is 4.24. The number of amidine groups is 1. The van der Waals surface area contributed by atoms with Crippen molar-refractivity contribution >= 4 is 51.6 Å². The summed E-state index contributed by atoms with van der Waals surface area (Å²) in [6, 6.07) is 13.1. The zero-order valence-corrected chi connectivity index (χ0v) is 19.8. The standard InChI is InChI=1S/C25H24N4O4S/c1-15-7-8-16(2)18(13-15)26-20(30)14-29-19-6-4-3-5-17(19)21(24(29)32)22-23(31)27-25(34-22)28-9-11-33-12-10-28/h3-8,13H,9-12,14H2,1-2H3,(H,26,30). The predicted molar refractivity (Wildman–Crippen MR) is 133 cm³/mol. The molecule has 3 heterocycles. The van der Waals surface area contributed by atoms with Crippen molar-refractivity contribution in [3.8, 4) is 0 Å². The Hall–Kier alpha value is -3.43. The van der Waals surface area contributed by atoms with Gasteiger partial charge in [-0.15, -0.1) is 0 Å². The number of aryl methyl sites for hydroxylation is 2. The molecule has 0 bridgehead atoms. The summed E-state index contributed by atoms with van der Waals surface area (Å²) in [6.45, 7) is 6.17. The lowest BCUT2D eigenvalue weighted by Gasteiger charge is -2.27. The van der Waals surface area contributed by atoms with Crippen molar-refractivity contribution in [2.45, 2.75) is 13.8 Å². The third kappa shape index (κ3) is 4.12. The summed E-state index contributed by atoms with van der Waals surface area (Å²) in [7, 11) is 0. The second kappa shape index (κ2) is 9.08. The van der Waals surface area contributed by atoms with Gasteiger partial charge in [-0.3, -0.25) is 19.3 Å². The molecule has 0 radical (unpaired) electrons. The van der Waals surface area contributed by atoms with E-state index in [2.05, 4.69) is 10.3 Å². The minimum Gasteiger partial charge on any atom is -0.378 e. The van der Waals surface area contributed by atoms with Crippen molar-refractivity contribution in [1.29, 1.82) is 0 Å². The molecule has 2 aromatic rings. The van der Waals surface area contributed by atoms with E-state index in [9.17, 15) is 14.4 Å². The van der Waals surface area contributed by atoms with Crippen LogP contribution in [0.25, 0.3) is 5.57 Å². The molecule has 2 aromatic carbocycles. The number of fused-ring (bicyclic) bond motifs is 1. The highest BCUT2D eigenvalue weighted by atomic mass is 32.2. The Labute approximate surface area is 201 Å². The summed E-state index contributed by atoms with van der Waals surface area (Å²) < 4.78 is 5.38. The first kappa shape index (κ1) is 22.4. The fourth-order valence-corrected chi connectivity index (χ4v) is 5.26. The van der Waals surface area contributed by atoms with E-state index in [-0.39, 0.29) is 18.4 Å². The normalized spacial score (nSPS) is 20.0. The maximum atomic E-state index is 13.5. The van der Waals surface area contributed by atoms with Gasteiger partial charge in [0.2, 0.25) is 5.91 Å². The lowest BCUT2D eigenvalue weighted by atomic mass is 10.1. The van der Waals surface area contributed by atoms with Crippen LogP contribution in [-0.2, 0) is 19.1 Å². The van der Waals surface area contributed by atoms with Gasteiger partial charge in [-0.1, -0.05) is 30.3 Å². The molecule has 1 fully saturated rings.